The Morgan fingerprint density at radius 2 is 1.95 bits per heavy atom. The van der Waals surface area contributed by atoms with E-state index < -0.39 is 15.8 Å². The predicted molar refractivity (Wildman–Crippen MR) is 74.7 cm³/mol. The molecule has 1 heterocycles. The van der Waals surface area contributed by atoms with E-state index in [0.717, 1.165) is 0 Å². The third-order valence-electron chi connectivity index (χ3n) is 3.64. The number of nitrogens with zero attached hydrogens (tertiary/aromatic N) is 1. The first-order valence-electron chi connectivity index (χ1n) is 6.74. The van der Waals surface area contributed by atoms with Crippen LogP contribution in [0.15, 0.2) is 17.0 Å². The highest BCUT2D eigenvalue weighted by molar-refractivity contribution is 7.89. The molecule has 1 fully saturated rings. The molecule has 1 aromatic rings. The Bertz CT molecular complexity index is 577. The van der Waals surface area contributed by atoms with Gasteiger partial charge in [-0.15, -0.1) is 0 Å². The van der Waals surface area contributed by atoms with Gasteiger partial charge in [0.05, 0.1) is 18.1 Å². The molecule has 0 aromatic heterocycles. The molecule has 1 unspecified atom stereocenters. The van der Waals surface area contributed by atoms with Crippen LogP contribution in [0.25, 0.3) is 0 Å². The zero-order valence-electron chi connectivity index (χ0n) is 12.0. The van der Waals surface area contributed by atoms with E-state index in [9.17, 15) is 12.8 Å². The summed E-state index contributed by atoms with van der Waals surface area (Å²) in [6, 6.07) is 2.38. The molecule has 4 nitrogen and oxygen atoms in total. The molecule has 112 valence electrons. The maximum Gasteiger partial charge on any atom is 0.244 e. The molecule has 0 spiro atoms. The molecule has 0 radical (unpaired) electrons. The van der Waals surface area contributed by atoms with Crippen molar-refractivity contribution in [2.75, 3.05) is 19.8 Å². The van der Waals surface area contributed by atoms with Gasteiger partial charge in [-0.2, -0.15) is 4.31 Å². The lowest BCUT2D eigenvalue weighted by molar-refractivity contribution is 0.0314. The minimum Gasteiger partial charge on any atom is -0.378 e. The van der Waals surface area contributed by atoms with Gasteiger partial charge in [-0.05, 0) is 43.5 Å². The molecule has 1 saturated heterocycles. The number of benzene rings is 1. The molecular formula is C14H20FNO3S. The molecule has 1 aliphatic rings. The van der Waals surface area contributed by atoms with Crippen molar-refractivity contribution in [1.29, 1.82) is 0 Å². The molecule has 1 aliphatic heterocycles. The van der Waals surface area contributed by atoms with Gasteiger partial charge in [-0.3, -0.25) is 0 Å². The van der Waals surface area contributed by atoms with Crippen LogP contribution >= 0.6 is 0 Å². The van der Waals surface area contributed by atoms with Gasteiger partial charge in [-0.1, -0.05) is 6.92 Å². The summed E-state index contributed by atoms with van der Waals surface area (Å²) >= 11 is 0. The largest absolute Gasteiger partial charge is 0.378 e. The summed E-state index contributed by atoms with van der Waals surface area (Å²) in [4.78, 5) is 0.222. The summed E-state index contributed by atoms with van der Waals surface area (Å²) < 4.78 is 45.9. The van der Waals surface area contributed by atoms with E-state index in [1.54, 1.807) is 13.8 Å². The number of hydrogen-bond acceptors (Lipinski definition) is 3. The van der Waals surface area contributed by atoms with Crippen LogP contribution < -0.4 is 0 Å². The van der Waals surface area contributed by atoms with Gasteiger partial charge in [0.15, 0.2) is 0 Å². The molecule has 0 bridgehead atoms. The smallest absolute Gasteiger partial charge is 0.244 e. The number of hydrogen-bond donors (Lipinski definition) is 0. The Hall–Kier alpha value is -0.980. The van der Waals surface area contributed by atoms with E-state index in [1.165, 1.54) is 16.4 Å². The van der Waals surface area contributed by atoms with Crippen molar-refractivity contribution in [2.45, 2.75) is 38.1 Å². The van der Waals surface area contributed by atoms with E-state index in [2.05, 4.69) is 0 Å². The third-order valence-corrected chi connectivity index (χ3v) is 5.89. The Labute approximate surface area is 119 Å². The Kier molecular flexibility index (Phi) is 4.46. The number of sulfonamides is 1. The van der Waals surface area contributed by atoms with Crippen molar-refractivity contribution in [3.8, 4) is 0 Å². The van der Waals surface area contributed by atoms with Gasteiger partial charge in [-0.25, -0.2) is 12.8 Å². The van der Waals surface area contributed by atoms with Crippen molar-refractivity contribution >= 4 is 10.0 Å². The zero-order valence-corrected chi connectivity index (χ0v) is 12.8. The van der Waals surface area contributed by atoms with Crippen LogP contribution in [-0.2, 0) is 14.8 Å². The van der Waals surface area contributed by atoms with E-state index in [0.29, 0.717) is 37.3 Å². The van der Waals surface area contributed by atoms with Crippen molar-refractivity contribution < 1.29 is 17.5 Å². The SMILES string of the molecule is CCC1COCCN1S(=O)(=O)c1c(C)cc(F)cc1C. The number of aryl methyl sites for hydroxylation is 2. The van der Waals surface area contributed by atoms with Gasteiger partial charge in [0.2, 0.25) is 10.0 Å². The number of halogens is 1. The summed E-state index contributed by atoms with van der Waals surface area (Å²) in [5, 5.41) is 0. The Morgan fingerprint density at radius 1 is 1.35 bits per heavy atom. The van der Waals surface area contributed by atoms with Crippen LogP contribution in [0, 0.1) is 19.7 Å². The van der Waals surface area contributed by atoms with Crippen molar-refractivity contribution in [2.24, 2.45) is 0 Å². The highest BCUT2D eigenvalue weighted by Crippen LogP contribution is 2.28. The van der Waals surface area contributed by atoms with Crippen LogP contribution in [0.4, 0.5) is 4.39 Å². The van der Waals surface area contributed by atoms with Crippen molar-refractivity contribution in [3.05, 3.63) is 29.1 Å². The first-order chi connectivity index (χ1) is 9.37. The van der Waals surface area contributed by atoms with Crippen LogP contribution in [0.1, 0.15) is 24.5 Å². The lowest BCUT2D eigenvalue weighted by Gasteiger charge is -2.34. The molecule has 0 aliphatic carbocycles. The van der Waals surface area contributed by atoms with Crippen molar-refractivity contribution in [3.63, 3.8) is 0 Å². The zero-order chi connectivity index (χ0) is 14.9. The molecule has 6 heteroatoms. The van der Waals surface area contributed by atoms with Gasteiger partial charge < -0.3 is 4.74 Å². The first-order valence-corrected chi connectivity index (χ1v) is 8.18. The summed E-state index contributed by atoms with van der Waals surface area (Å²) in [5.41, 5.74) is 0.896. The van der Waals surface area contributed by atoms with Crippen molar-refractivity contribution in [1.82, 2.24) is 4.31 Å². The second-order valence-corrected chi connectivity index (χ2v) is 6.95. The number of rotatable bonds is 3. The number of morpholine rings is 1. The molecule has 0 saturated carbocycles. The third kappa shape index (κ3) is 2.73. The minimum absolute atomic E-state index is 0.155. The van der Waals surface area contributed by atoms with E-state index in [4.69, 9.17) is 4.74 Å². The van der Waals surface area contributed by atoms with Gasteiger partial charge in [0.1, 0.15) is 5.82 Å². The standard InChI is InChI=1S/C14H20FNO3S/c1-4-13-9-19-6-5-16(13)20(17,18)14-10(2)7-12(15)8-11(14)3/h7-8,13H,4-6,9H2,1-3H3. The minimum atomic E-state index is -3.61. The summed E-state index contributed by atoms with van der Waals surface area (Å²) in [6.45, 7) is 6.35. The van der Waals surface area contributed by atoms with Gasteiger partial charge in [0, 0.05) is 12.6 Å². The first kappa shape index (κ1) is 15.4. The van der Waals surface area contributed by atoms with Gasteiger partial charge >= 0.3 is 0 Å². The number of ether oxygens (including phenoxy) is 1. The van der Waals surface area contributed by atoms with E-state index in [1.807, 2.05) is 6.92 Å². The average Bonchev–Trinajstić information content (AvgIpc) is 2.37. The highest BCUT2D eigenvalue weighted by Gasteiger charge is 2.34. The fourth-order valence-electron chi connectivity index (χ4n) is 2.70. The topological polar surface area (TPSA) is 46.6 Å². The van der Waals surface area contributed by atoms with Crippen LogP contribution in [0.5, 0.6) is 0 Å². The quantitative estimate of drug-likeness (QED) is 0.860. The van der Waals surface area contributed by atoms with Crippen LogP contribution in [0.2, 0.25) is 0 Å². The molecule has 1 aromatic carbocycles. The molecular weight excluding hydrogens is 281 g/mol. The van der Waals surface area contributed by atoms with Gasteiger partial charge in [0.25, 0.3) is 0 Å². The molecule has 2 rings (SSSR count). The Balaban J connectivity index is 2.49. The predicted octanol–water partition coefficient (Wildman–Crippen LogP) is 2.24. The maximum absolute atomic E-state index is 13.4. The molecule has 0 amide bonds. The fourth-order valence-corrected chi connectivity index (χ4v) is 4.78. The van der Waals surface area contributed by atoms with Crippen LogP contribution in [-0.4, -0.2) is 38.5 Å². The summed E-state index contributed by atoms with van der Waals surface area (Å²) in [6.07, 6.45) is 0.693. The average molecular weight is 301 g/mol. The second-order valence-electron chi connectivity index (χ2n) is 5.12. The Morgan fingerprint density at radius 3 is 2.50 bits per heavy atom. The fraction of sp³-hybridized carbons (Fsp3) is 0.571. The molecule has 0 N–H and O–H groups in total. The van der Waals surface area contributed by atoms with E-state index in [-0.39, 0.29) is 10.9 Å². The molecule has 20 heavy (non-hydrogen) atoms. The monoisotopic (exact) mass is 301 g/mol. The summed E-state index contributed by atoms with van der Waals surface area (Å²) in [7, 11) is -3.61. The second kappa shape index (κ2) is 5.79. The highest BCUT2D eigenvalue weighted by atomic mass is 32.2. The molecule has 1 atom stereocenters. The lowest BCUT2D eigenvalue weighted by Crippen LogP contribution is -2.48. The van der Waals surface area contributed by atoms with E-state index >= 15 is 0 Å². The normalized spacial score (nSPS) is 21.1. The van der Waals surface area contributed by atoms with Crippen LogP contribution in [0.3, 0.4) is 0 Å². The maximum atomic E-state index is 13.4. The lowest BCUT2D eigenvalue weighted by atomic mass is 10.1. The summed E-state index contributed by atoms with van der Waals surface area (Å²) in [5.74, 6) is -0.409.